The molecule has 0 amide bonds. The number of aryl methyl sites for hydroxylation is 1. The Bertz CT molecular complexity index is 388. The first-order valence-corrected chi connectivity index (χ1v) is 4.26. The van der Waals surface area contributed by atoms with Crippen LogP contribution in [0.25, 0.3) is 0 Å². The Kier molecular flexibility index (Phi) is 1.72. The van der Waals surface area contributed by atoms with Gasteiger partial charge in [0.05, 0.1) is 6.26 Å². The van der Waals surface area contributed by atoms with E-state index >= 15 is 0 Å². The van der Waals surface area contributed by atoms with E-state index in [0.717, 1.165) is 23.9 Å². The van der Waals surface area contributed by atoms with Crippen LogP contribution in [0.15, 0.2) is 24.1 Å². The summed E-state index contributed by atoms with van der Waals surface area (Å²) in [5.74, 6) is -0.0376. The smallest absolute Gasteiger partial charge is 0.193 e. The number of nitrogens with zero attached hydrogens (tertiary/aromatic N) is 1. The first kappa shape index (κ1) is 8.10. The van der Waals surface area contributed by atoms with Crippen LogP contribution in [-0.4, -0.2) is 15.5 Å². The Balaban J connectivity index is 2.52. The van der Waals surface area contributed by atoms with Crippen LogP contribution in [0.4, 0.5) is 0 Å². The highest BCUT2D eigenvalue weighted by molar-refractivity contribution is 6.10. The molecule has 0 aromatic carbocycles. The molecule has 1 N–H and O–H groups in total. The molecule has 3 nitrogen and oxygen atoms in total. The Morgan fingerprint density at radius 3 is 3.00 bits per heavy atom. The molecule has 13 heavy (non-hydrogen) atoms. The largest absolute Gasteiger partial charge is 0.515 e. The molecule has 0 unspecified atom stereocenters. The second kappa shape index (κ2) is 2.76. The van der Waals surface area contributed by atoms with Crippen molar-refractivity contribution in [2.24, 2.45) is 7.05 Å². The number of fused-ring (bicyclic) bond motifs is 1. The lowest BCUT2D eigenvalue weighted by Gasteiger charge is -2.14. The first-order valence-electron chi connectivity index (χ1n) is 4.26. The fraction of sp³-hybridized carbons (Fsp3) is 0.300. The van der Waals surface area contributed by atoms with Gasteiger partial charge in [-0.25, -0.2) is 0 Å². The molecule has 0 atom stereocenters. The van der Waals surface area contributed by atoms with E-state index in [4.69, 9.17) is 5.11 Å². The molecule has 0 saturated heterocycles. The van der Waals surface area contributed by atoms with Gasteiger partial charge in [-0.1, -0.05) is 0 Å². The number of ketones is 1. The normalized spacial score (nSPS) is 19.2. The minimum Gasteiger partial charge on any atom is -0.515 e. The molecule has 0 aliphatic heterocycles. The lowest BCUT2D eigenvalue weighted by molar-refractivity contribution is 0.102. The molecule has 1 aromatic heterocycles. The van der Waals surface area contributed by atoms with Gasteiger partial charge in [-0.2, -0.15) is 0 Å². The minimum absolute atomic E-state index is 0.0376. The second-order valence-corrected chi connectivity index (χ2v) is 3.27. The van der Waals surface area contributed by atoms with Gasteiger partial charge in [0.1, 0.15) is 0 Å². The molecule has 0 bridgehead atoms. The van der Waals surface area contributed by atoms with Crippen molar-refractivity contribution < 1.29 is 9.90 Å². The van der Waals surface area contributed by atoms with Gasteiger partial charge in [0.25, 0.3) is 0 Å². The summed E-state index contributed by atoms with van der Waals surface area (Å²) < 4.78 is 1.96. The molecule has 0 spiro atoms. The van der Waals surface area contributed by atoms with E-state index in [1.807, 2.05) is 17.8 Å². The molecule has 0 fully saturated rings. The van der Waals surface area contributed by atoms with Crippen molar-refractivity contribution in [2.75, 3.05) is 0 Å². The molecule has 68 valence electrons. The highest BCUT2D eigenvalue weighted by Crippen LogP contribution is 2.24. The summed E-state index contributed by atoms with van der Waals surface area (Å²) in [6.07, 6.45) is 4.28. The van der Waals surface area contributed by atoms with Crippen molar-refractivity contribution in [2.45, 2.75) is 12.8 Å². The summed E-state index contributed by atoms with van der Waals surface area (Å²) in [4.78, 5) is 11.6. The summed E-state index contributed by atoms with van der Waals surface area (Å²) in [5, 5.41) is 8.80. The second-order valence-electron chi connectivity index (χ2n) is 3.27. The monoisotopic (exact) mass is 177 g/mol. The Labute approximate surface area is 76.3 Å². The van der Waals surface area contributed by atoms with Crippen LogP contribution in [-0.2, 0) is 13.5 Å². The topological polar surface area (TPSA) is 42.2 Å². The third-order valence-corrected chi connectivity index (χ3v) is 2.52. The van der Waals surface area contributed by atoms with Crippen molar-refractivity contribution in [1.82, 2.24) is 4.57 Å². The maximum absolute atomic E-state index is 11.6. The van der Waals surface area contributed by atoms with E-state index in [1.54, 1.807) is 6.07 Å². The lowest BCUT2D eigenvalue weighted by Crippen LogP contribution is -2.14. The average molecular weight is 177 g/mol. The summed E-state index contributed by atoms with van der Waals surface area (Å²) in [7, 11) is 1.93. The number of rotatable bonds is 0. The van der Waals surface area contributed by atoms with Gasteiger partial charge in [0, 0.05) is 30.1 Å². The number of Topliss-reactive ketones (excluding diaryl/α,β-unsaturated/α-hetero) is 1. The highest BCUT2D eigenvalue weighted by atomic mass is 16.2. The number of carbonyl (C=O) groups excluding carboxylic acids is 1. The third kappa shape index (κ3) is 1.08. The summed E-state index contributed by atoms with van der Waals surface area (Å²) in [6.45, 7) is 0. The maximum Gasteiger partial charge on any atom is 0.193 e. The van der Waals surface area contributed by atoms with Gasteiger partial charge < -0.3 is 9.67 Å². The maximum atomic E-state index is 11.6. The van der Waals surface area contributed by atoms with Gasteiger partial charge in [-0.05, 0) is 18.9 Å². The standard InChI is InChI=1S/C10H11NO2/c1-11-5-4-8-9(11)3-2-7(6-12)10(8)13/h4-6,12H,2-3H2,1H3/b7-6+. The van der Waals surface area contributed by atoms with Crippen LogP contribution in [0.5, 0.6) is 0 Å². The molecular weight excluding hydrogens is 166 g/mol. The molecule has 1 heterocycles. The molecule has 2 rings (SSSR count). The number of carbonyl (C=O) groups is 1. The zero-order valence-electron chi connectivity index (χ0n) is 7.45. The molecule has 0 radical (unpaired) electrons. The Morgan fingerprint density at radius 1 is 1.54 bits per heavy atom. The van der Waals surface area contributed by atoms with Gasteiger partial charge >= 0.3 is 0 Å². The number of allylic oxidation sites excluding steroid dienone is 1. The predicted molar refractivity (Wildman–Crippen MR) is 48.8 cm³/mol. The van der Waals surface area contributed by atoms with E-state index in [-0.39, 0.29) is 5.78 Å². The third-order valence-electron chi connectivity index (χ3n) is 2.52. The summed E-state index contributed by atoms with van der Waals surface area (Å²) >= 11 is 0. The van der Waals surface area contributed by atoms with Gasteiger partial charge in [0.15, 0.2) is 5.78 Å². The van der Waals surface area contributed by atoms with E-state index in [9.17, 15) is 4.79 Å². The van der Waals surface area contributed by atoms with Crippen molar-refractivity contribution >= 4 is 5.78 Å². The summed E-state index contributed by atoms with van der Waals surface area (Å²) in [5.41, 5.74) is 2.31. The SMILES string of the molecule is Cn1ccc2c1CC/C(=C\O)C2=O. The molecular formula is C10H11NO2. The molecule has 0 saturated carbocycles. The number of hydrogen-bond donors (Lipinski definition) is 1. The first-order chi connectivity index (χ1) is 6.24. The number of aromatic nitrogens is 1. The van der Waals surface area contributed by atoms with Crippen molar-refractivity contribution in [1.29, 1.82) is 0 Å². The Morgan fingerprint density at radius 2 is 2.31 bits per heavy atom. The zero-order valence-corrected chi connectivity index (χ0v) is 7.45. The molecule has 1 aliphatic rings. The quantitative estimate of drug-likeness (QED) is 0.483. The van der Waals surface area contributed by atoms with Crippen molar-refractivity contribution in [3.8, 4) is 0 Å². The van der Waals surface area contributed by atoms with E-state index < -0.39 is 0 Å². The van der Waals surface area contributed by atoms with Crippen molar-refractivity contribution in [3.05, 3.63) is 35.4 Å². The lowest BCUT2D eigenvalue weighted by atomic mass is 9.92. The van der Waals surface area contributed by atoms with Crippen LogP contribution >= 0.6 is 0 Å². The number of aliphatic hydroxyl groups is 1. The molecule has 1 aromatic rings. The average Bonchev–Trinajstić information content (AvgIpc) is 2.50. The van der Waals surface area contributed by atoms with Crippen LogP contribution in [0.2, 0.25) is 0 Å². The molecule has 1 aliphatic carbocycles. The summed E-state index contributed by atoms with van der Waals surface area (Å²) in [6, 6.07) is 1.81. The van der Waals surface area contributed by atoms with Crippen LogP contribution in [0.3, 0.4) is 0 Å². The van der Waals surface area contributed by atoms with E-state index in [0.29, 0.717) is 12.0 Å². The highest BCUT2D eigenvalue weighted by Gasteiger charge is 2.23. The Hall–Kier alpha value is -1.51. The zero-order chi connectivity index (χ0) is 9.42. The van der Waals surface area contributed by atoms with E-state index in [2.05, 4.69) is 0 Å². The van der Waals surface area contributed by atoms with Crippen LogP contribution < -0.4 is 0 Å². The van der Waals surface area contributed by atoms with Gasteiger partial charge in [-0.3, -0.25) is 4.79 Å². The van der Waals surface area contributed by atoms with E-state index in [1.165, 1.54) is 0 Å². The van der Waals surface area contributed by atoms with Crippen LogP contribution in [0.1, 0.15) is 22.5 Å². The fourth-order valence-corrected chi connectivity index (χ4v) is 1.74. The fourth-order valence-electron chi connectivity index (χ4n) is 1.74. The number of aliphatic hydroxyl groups excluding tert-OH is 1. The predicted octanol–water partition coefficient (Wildman–Crippen LogP) is 1.60. The van der Waals surface area contributed by atoms with Gasteiger partial charge in [0.2, 0.25) is 0 Å². The van der Waals surface area contributed by atoms with Crippen LogP contribution in [0, 0.1) is 0 Å². The van der Waals surface area contributed by atoms with Gasteiger partial charge in [-0.15, -0.1) is 0 Å². The minimum atomic E-state index is -0.0376. The number of hydrogen-bond acceptors (Lipinski definition) is 2. The van der Waals surface area contributed by atoms with Crippen molar-refractivity contribution in [3.63, 3.8) is 0 Å². The molecule has 3 heteroatoms.